The second kappa shape index (κ2) is 6.89. The minimum absolute atomic E-state index is 0.0158. The Morgan fingerprint density at radius 1 is 1.38 bits per heavy atom. The maximum atomic E-state index is 11.0. The quantitative estimate of drug-likeness (QED) is 0.641. The van der Waals surface area contributed by atoms with Gasteiger partial charge in [-0.25, -0.2) is 0 Å². The number of carbonyl (C=O) groups is 1. The maximum absolute atomic E-state index is 11.0. The van der Waals surface area contributed by atoms with E-state index in [1.54, 1.807) is 0 Å². The fourth-order valence-corrected chi connectivity index (χ4v) is 0.870. The van der Waals surface area contributed by atoms with Crippen molar-refractivity contribution in [3.05, 3.63) is 0 Å². The molecule has 0 radical (unpaired) electrons. The van der Waals surface area contributed by atoms with E-state index in [0.29, 0.717) is 12.5 Å². The first-order chi connectivity index (χ1) is 6.06. The summed E-state index contributed by atoms with van der Waals surface area (Å²) in [6.45, 7) is 9.20. The molecule has 0 fully saturated rings. The van der Waals surface area contributed by atoms with Crippen molar-refractivity contribution in [2.75, 3.05) is 13.1 Å². The molecule has 0 aromatic heterocycles. The lowest BCUT2D eigenvalue weighted by atomic mass is 10.1. The first kappa shape index (κ1) is 12.4. The van der Waals surface area contributed by atoms with Gasteiger partial charge in [0, 0.05) is 0 Å². The van der Waals surface area contributed by atoms with Crippen molar-refractivity contribution in [1.82, 2.24) is 5.32 Å². The first-order valence-corrected chi connectivity index (χ1v) is 4.96. The molecule has 1 atom stereocenters. The third-order valence-electron chi connectivity index (χ3n) is 1.83. The number of carbonyl (C=O) groups excluding carboxylic acids is 1. The number of hydrogen-bond donors (Lipinski definition) is 1. The van der Waals surface area contributed by atoms with E-state index < -0.39 is 0 Å². The number of ether oxygens (including phenoxy) is 1. The van der Waals surface area contributed by atoms with E-state index in [4.69, 9.17) is 4.74 Å². The fourth-order valence-electron chi connectivity index (χ4n) is 0.870. The van der Waals surface area contributed by atoms with Crippen LogP contribution in [0.25, 0.3) is 0 Å². The molecule has 0 bridgehead atoms. The number of rotatable bonds is 6. The Morgan fingerprint density at radius 3 is 2.46 bits per heavy atom. The van der Waals surface area contributed by atoms with Crippen LogP contribution in [0.3, 0.4) is 0 Å². The highest BCUT2D eigenvalue weighted by atomic mass is 16.5. The van der Waals surface area contributed by atoms with Crippen LogP contribution in [0, 0.1) is 5.92 Å². The van der Waals surface area contributed by atoms with E-state index in [1.807, 2.05) is 13.8 Å². The third-order valence-corrected chi connectivity index (χ3v) is 1.83. The summed E-state index contributed by atoms with van der Waals surface area (Å²) in [7, 11) is 0. The molecule has 0 rings (SSSR count). The average Bonchev–Trinajstić information content (AvgIpc) is 2.02. The van der Waals surface area contributed by atoms with Gasteiger partial charge in [0.15, 0.2) is 0 Å². The molecule has 13 heavy (non-hydrogen) atoms. The Hall–Kier alpha value is -0.570. The summed E-state index contributed by atoms with van der Waals surface area (Å²) < 4.78 is 4.96. The van der Waals surface area contributed by atoms with Crippen LogP contribution >= 0.6 is 0 Å². The molecule has 0 aliphatic rings. The minimum atomic E-state index is -0.168. The summed E-state index contributed by atoms with van der Waals surface area (Å²) in [6.07, 6.45) is 1.12. The lowest BCUT2D eigenvalue weighted by Crippen LogP contribution is -2.29. The molecule has 1 N–H and O–H groups in total. The molecular formula is C10H21NO2. The molecule has 0 aliphatic heterocycles. The Labute approximate surface area is 80.8 Å². The number of esters is 1. The highest BCUT2D eigenvalue weighted by molar-refractivity contribution is 5.71. The van der Waals surface area contributed by atoms with Gasteiger partial charge in [0.1, 0.15) is 0 Å². The summed E-state index contributed by atoms with van der Waals surface area (Å²) in [5, 5.41) is 3.07. The van der Waals surface area contributed by atoms with Gasteiger partial charge in [-0.2, -0.15) is 0 Å². The molecule has 0 spiro atoms. The minimum Gasteiger partial charge on any atom is -0.462 e. The van der Waals surface area contributed by atoms with Gasteiger partial charge in [-0.15, -0.1) is 0 Å². The van der Waals surface area contributed by atoms with Crippen LogP contribution in [0.15, 0.2) is 0 Å². The maximum Gasteiger partial charge on any atom is 0.320 e. The standard InChI is InChI=1S/C10H21NO2/c1-5-9(4)6-11-7-10(12)13-8(2)3/h8-9,11H,5-7H2,1-4H3. The van der Waals surface area contributed by atoms with Crippen molar-refractivity contribution >= 4 is 5.97 Å². The van der Waals surface area contributed by atoms with E-state index in [1.165, 1.54) is 0 Å². The van der Waals surface area contributed by atoms with Crippen LogP contribution in [0.4, 0.5) is 0 Å². The highest BCUT2D eigenvalue weighted by Gasteiger charge is 2.05. The van der Waals surface area contributed by atoms with Crippen LogP contribution in [0.2, 0.25) is 0 Å². The van der Waals surface area contributed by atoms with Gasteiger partial charge in [-0.3, -0.25) is 4.79 Å². The van der Waals surface area contributed by atoms with Gasteiger partial charge in [-0.05, 0) is 26.3 Å². The molecule has 0 aromatic carbocycles. The summed E-state index contributed by atoms with van der Waals surface area (Å²) in [4.78, 5) is 11.0. The second-order valence-electron chi connectivity index (χ2n) is 3.68. The van der Waals surface area contributed by atoms with Crippen molar-refractivity contribution < 1.29 is 9.53 Å². The lowest BCUT2D eigenvalue weighted by Gasteiger charge is -2.11. The predicted molar refractivity (Wildman–Crippen MR) is 53.6 cm³/mol. The van der Waals surface area contributed by atoms with E-state index in [9.17, 15) is 4.79 Å². The molecule has 3 nitrogen and oxygen atoms in total. The van der Waals surface area contributed by atoms with Crippen molar-refractivity contribution in [1.29, 1.82) is 0 Å². The number of nitrogens with one attached hydrogen (secondary N) is 1. The number of hydrogen-bond acceptors (Lipinski definition) is 3. The normalized spacial score (nSPS) is 13.0. The Kier molecular flexibility index (Phi) is 6.59. The van der Waals surface area contributed by atoms with E-state index in [0.717, 1.165) is 13.0 Å². The molecule has 0 saturated heterocycles. The van der Waals surface area contributed by atoms with Crippen LogP contribution < -0.4 is 5.32 Å². The van der Waals surface area contributed by atoms with Gasteiger partial charge < -0.3 is 10.1 Å². The van der Waals surface area contributed by atoms with E-state index >= 15 is 0 Å². The predicted octanol–water partition coefficient (Wildman–Crippen LogP) is 1.57. The van der Waals surface area contributed by atoms with Crippen LogP contribution in [0.1, 0.15) is 34.1 Å². The average molecular weight is 187 g/mol. The lowest BCUT2D eigenvalue weighted by molar-refractivity contribution is -0.146. The largest absolute Gasteiger partial charge is 0.462 e. The summed E-state index contributed by atoms with van der Waals surface area (Å²) >= 11 is 0. The summed E-state index contributed by atoms with van der Waals surface area (Å²) in [5.74, 6) is 0.449. The molecule has 1 unspecified atom stereocenters. The van der Waals surface area contributed by atoms with Gasteiger partial charge in [-0.1, -0.05) is 20.3 Å². The van der Waals surface area contributed by atoms with Gasteiger partial charge in [0.2, 0.25) is 0 Å². The SMILES string of the molecule is CCC(C)CNCC(=O)OC(C)C. The molecule has 0 heterocycles. The zero-order chi connectivity index (χ0) is 10.3. The smallest absolute Gasteiger partial charge is 0.320 e. The molecule has 0 saturated carbocycles. The van der Waals surface area contributed by atoms with Gasteiger partial charge in [0.05, 0.1) is 12.6 Å². The second-order valence-corrected chi connectivity index (χ2v) is 3.68. The molecule has 78 valence electrons. The Bertz CT molecular complexity index is 146. The Balaban J connectivity index is 3.37. The third kappa shape index (κ3) is 7.78. The molecule has 0 aromatic rings. The van der Waals surface area contributed by atoms with Crippen molar-refractivity contribution in [2.24, 2.45) is 5.92 Å². The van der Waals surface area contributed by atoms with Crippen LogP contribution in [0.5, 0.6) is 0 Å². The Morgan fingerprint density at radius 2 is 2.00 bits per heavy atom. The van der Waals surface area contributed by atoms with E-state index in [-0.39, 0.29) is 12.1 Å². The topological polar surface area (TPSA) is 38.3 Å². The molecular weight excluding hydrogens is 166 g/mol. The molecule has 3 heteroatoms. The van der Waals surface area contributed by atoms with Crippen LogP contribution in [-0.4, -0.2) is 25.2 Å². The molecule has 0 amide bonds. The van der Waals surface area contributed by atoms with Crippen LogP contribution in [-0.2, 0) is 9.53 Å². The van der Waals surface area contributed by atoms with Gasteiger partial charge >= 0.3 is 5.97 Å². The fraction of sp³-hybridized carbons (Fsp3) is 0.900. The first-order valence-electron chi connectivity index (χ1n) is 4.96. The molecule has 0 aliphatic carbocycles. The zero-order valence-electron chi connectivity index (χ0n) is 9.09. The monoisotopic (exact) mass is 187 g/mol. The zero-order valence-corrected chi connectivity index (χ0v) is 9.09. The summed E-state index contributed by atoms with van der Waals surface area (Å²) in [5.41, 5.74) is 0. The van der Waals surface area contributed by atoms with Crippen molar-refractivity contribution in [3.8, 4) is 0 Å². The van der Waals surface area contributed by atoms with E-state index in [2.05, 4.69) is 19.2 Å². The van der Waals surface area contributed by atoms with Gasteiger partial charge in [0.25, 0.3) is 0 Å². The van der Waals surface area contributed by atoms with Crippen molar-refractivity contribution in [2.45, 2.75) is 40.2 Å². The highest BCUT2D eigenvalue weighted by Crippen LogP contribution is 1.96. The van der Waals surface area contributed by atoms with Crippen molar-refractivity contribution in [3.63, 3.8) is 0 Å². The summed E-state index contributed by atoms with van der Waals surface area (Å²) in [6, 6.07) is 0.